The van der Waals surface area contributed by atoms with Crippen LogP contribution in [-0.2, 0) is 7.05 Å². The number of nitroso groups, excluding NO2 is 1. The third-order valence-electron chi connectivity index (χ3n) is 3.86. The van der Waals surface area contributed by atoms with Gasteiger partial charge in [0.2, 0.25) is 5.52 Å². The summed E-state index contributed by atoms with van der Waals surface area (Å²) in [5, 5.41) is 5.32. The minimum Gasteiger partial charge on any atom is -0.494 e. The Morgan fingerprint density at radius 2 is 2.00 bits per heavy atom. The van der Waals surface area contributed by atoms with Crippen LogP contribution in [0, 0.1) is 4.91 Å². The van der Waals surface area contributed by atoms with Gasteiger partial charge in [-0.25, -0.2) is 5.01 Å². The Hall–Kier alpha value is -2.73. The van der Waals surface area contributed by atoms with E-state index < -0.39 is 0 Å². The van der Waals surface area contributed by atoms with Gasteiger partial charge < -0.3 is 4.74 Å². The first-order chi connectivity index (χ1) is 11.6. The molecular formula is C18H18N3O2S+. The lowest BCUT2D eigenvalue weighted by molar-refractivity contribution is -0.642. The van der Waals surface area contributed by atoms with Crippen LogP contribution in [0.1, 0.15) is 10.6 Å². The van der Waals surface area contributed by atoms with Crippen molar-refractivity contribution in [3.63, 3.8) is 0 Å². The summed E-state index contributed by atoms with van der Waals surface area (Å²) in [6.07, 6.45) is 4.12. The lowest BCUT2D eigenvalue weighted by Crippen LogP contribution is -2.28. The molecule has 0 aliphatic heterocycles. The zero-order chi connectivity index (χ0) is 17.1. The van der Waals surface area contributed by atoms with Crippen LogP contribution in [0.5, 0.6) is 5.75 Å². The smallest absolute Gasteiger partial charge is 0.262 e. The van der Waals surface area contributed by atoms with Gasteiger partial charge in [-0.2, -0.15) is 4.57 Å². The van der Waals surface area contributed by atoms with Crippen molar-refractivity contribution < 1.29 is 9.30 Å². The molecule has 0 bridgehead atoms. The summed E-state index contributed by atoms with van der Waals surface area (Å²) in [6, 6.07) is 14.0. The average molecular weight is 340 g/mol. The van der Waals surface area contributed by atoms with E-state index >= 15 is 0 Å². The van der Waals surface area contributed by atoms with Gasteiger partial charge in [-0.05, 0) is 29.8 Å². The van der Waals surface area contributed by atoms with Crippen molar-refractivity contribution >= 4 is 39.4 Å². The number of hydrogen-bond donors (Lipinski definition) is 0. The van der Waals surface area contributed by atoms with Crippen molar-refractivity contribution in [2.75, 3.05) is 19.2 Å². The lowest BCUT2D eigenvalue weighted by atomic mass is 10.1. The second-order valence-corrected chi connectivity index (χ2v) is 6.40. The molecule has 0 aliphatic carbocycles. The maximum Gasteiger partial charge on any atom is 0.262 e. The summed E-state index contributed by atoms with van der Waals surface area (Å²) in [5.74, 6) is 0.611. The number of aromatic nitrogens is 1. The maximum atomic E-state index is 10.7. The number of hydrogen-bond acceptors (Lipinski definition) is 4. The molecule has 0 unspecified atom stereocenters. The van der Waals surface area contributed by atoms with Crippen LogP contribution in [-0.4, -0.2) is 14.2 Å². The van der Waals surface area contributed by atoms with Gasteiger partial charge in [0.25, 0.3) is 5.01 Å². The van der Waals surface area contributed by atoms with E-state index in [2.05, 4.69) is 35.1 Å². The molecule has 0 saturated carbocycles. The molecule has 1 aromatic heterocycles. The highest BCUT2D eigenvalue weighted by Crippen LogP contribution is 2.29. The lowest BCUT2D eigenvalue weighted by Gasteiger charge is -2.13. The van der Waals surface area contributed by atoms with Crippen LogP contribution in [0.4, 0.5) is 5.69 Å². The number of nitrogens with zero attached hydrogens (tertiary/aromatic N) is 3. The number of anilines is 1. The topological polar surface area (TPSA) is 45.8 Å². The van der Waals surface area contributed by atoms with Crippen LogP contribution in [0.2, 0.25) is 0 Å². The van der Waals surface area contributed by atoms with Crippen molar-refractivity contribution in [3.05, 3.63) is 57.9 Å². The number of aryl methyl sites for hydroxylation is 1. The maximum absolute atomic E-state index is 10.7. The number of fused-ring (bicyclic) bond motifs is 1. The van der Waals surface area contributed by atoms with Gasteiger partial charge in [-0.15, -0.1) is 4.91 Å². The van der Waals surface area contributed by atoms with Gasteiger partial charge in [0.05, 0.1) is 12.4 Å². The van der Waals surface area contributed by atoms with E-state index in [1.807, 2.05) is 36.4 Å². The van der Waals surface area contributed by atoms with E-state index in [1.165, 1.54) is 15.2 Å². The number of para-hydroxylation sites is 1. The van der Waals surface area contributed by atoms with E-state index in [4.69, 9.17) is 4.74 Å². The third-order valence-corrected chi connectivity index (χ3v) is 5.05. The summed E-state index contributed by atoms with van der Waals surface area (Å²) >= 11 is 1.75. The van der Waals surface area contributed by atoms with Crippen LogP contribution in [0.3, 0.4) is 0 Å². The molecule has 0 radical (unpaired) electrons. The summed E-state index contributed by atoms with van der Waals surface area (Å²) in [7, 11) is 5.24. The molecule has 0 amide bonds. The number of rotatable bonds is 5. The van der Waals surface area contributed by atoms with E-state index in [0.717, 1.165) is 10.6 Å². The van der Waals surface area contributed by atoms with Crippen LogP contribution >= 0.6 is 11.3 Å². The molecule has 3 rings (SSSR count). The molecule has 1 heterocycles. The molecule has 122 valence electrons. The third kappa shape index (κ3) is 3.00. The average Bonchev–Trinajstić information content (AvgIpc) is 2.95. The molecule has 24 heavy (non-hydrogen) atoms. The van der Waals surface area contributed by atoms with Crippen molar-refractivity contribution in [1.82, 2.24) is 0 Å². The zero-order valence-corrected chi connectivity index (χ0v) is 14.6. The molecule has 0 saturated heterocycles. The predicted molar refractivity (Wildman–Crippen MR) is 99.1 cm³/mol. The number of thiazole rings is 1. The molecule has 0 fully saturated rings. The van der Waals surface area contributed by atoms with Crippen molar-refractivity contribution in [2.24, 2.45) is 12.3 Å². The minimum absolute atomic E-state index is 0.611. The monoisotopic (exact) mass is 340 g/mol. The second kappa shape index (κ2) is 6.80. The van der Waals surface area contributed by atoms with Gasteiger partial charge in [-0.3, -0.25) is 0 Å². The Morgan fingerprint density at radius 1 is 1.21 bits per heavy atom. The molecule has 3 aromatic rings. The molecule has 5 nitrogen and oxygen atoms in total. The fourth-order valence-electron chi connectivity index (χ4n) is 2.54. The second-order valence-electron chi connectivity index (χ2n) is 5.34. The van der Waals surface area contributed by atoms with Crippen LogP contribution in [0.15, 0.2) is 47.8 Å². The first kappa shape index (κ1) is 16.1. The van der Waals surface area contributed by atoms with E-state index in [-0.39, 0.29) is 0 Å². The van der Waals surface area contributed by atoms with Crippen molar-refractivity contribution in [1.29, 1.82) is 0 Å². The number of ether oxygens (including phenoxy) is 1. The SMILES string of the molecule is COc1cc(/C=C/c2sc3ccccc3[n+]2C)ccc1N(C)N=O. The molecule has 6 heteroatoms. The van der Waals surface area contributed by atoms with Gasteiger partial charge in [0.15, 0.2) is 0 Å². The number of methoxy groups -OCH3 is 1. The Labute approximate surface area is 144 Å². The largest absolute Gasteiger partial charge is 0.494 e. The normalized spacial score (nSPS) is 11.1. The Kier molecular flexibility index (Phi) is 4.57. The quantitative estimate of drug-likeness (QED) is 0.400. The molecule has 0 N–H and O–H groups in total. The Balaban J connectivity index is 1.93. The summed E-state index contributed by atoms with van der Waals surface area (Å²) < 4.78 is 8.78. The fraction of sp³-hybridized carbons (Fsp3) is 0.167. The highest BCUT2D eigenvalue weighted by molar-refractivity contribution is 7.18. The van der Waals surface area contributed by atoms with Crippen molar-refractivity contribution in [2.45, 2.75) is 0 Å². The highest BCUT2D eigenvalue weighted by atomic mass is 32.1. The standard InChI is InChI=1S/C18H18N3O2S/c1-20-15-6-4-5-7-17(15)24-18(20)11-9-13-8-10-14(21(2)19-22)16(12-13)23-3/h4-12H,1-3H3/q+1. The zero-order valence-electron chi connectivity index (χ0n) is 13.8. The molecule has 0 atom stereocenters. The van der Waals surface area contributed by atoms with Crippen LogP contribution in [0.25, 0.3) is 22.4 Å². The number of benzene rings is 2. The van der Waals surface area contributed by atoms with E-state index in [0.29, 0.717) is 11.4 Å². The molecule has 0 aliphatic rings. The molecule has 0 spiro atoms. The molecule has 2 aromatic carbocycles. The Bertz CT molecular complexity index is 918. The van der Waals surface area contributed by atoms with Crippen LogP contribution < -0.4 is 14.3 Å². The summed E-state index contributed by atoms with van der Waals surface area (Å²) in [6.45, 7) is 0. The minimum atomic E-state index is 0.611. The van der Waals surface area contributed by atoms with E-state index in [9.17, 15) is 4.91 Å². The van der Waals surface area contributed by atoms with Gasteiger partial charge in [0.1, 0.15) is 23.2 Å². The van der Waals surface area contributed by atoms with Gasteiger partial charge >= 0.3 is 0 Å². The predicted octanol–water partition coefficient (Wildman–Crippen LogP) is 4.02. The Morgan fingerprint density at radius 3 is 2.71 bits per heavy atom. The van der Waals surface area contributed by atoms with E-state index in [1.54, 1.807) is 25.5 Å². The highest BCUT2D eigenvalue weighted by Gasteiger charge is 2.13. The summed E-state index contributed by atoms with van der Waals surface area (Å²) in [5.41, 5.74) is 2.85. The van der Waals surface area contributed by atoms with Gasteiger partial charge in [0, 0.05) is 19.2 Å². The fourth-order valence-corrected chi connectivity index (χ4v) is 3.60. The van der Waals surface area contributed by atoms with Crippen molar-refractivity contribution in [3.8, 4) is 5.75 Å². The molecular weight excluding hydrogens is 322 g/mol. The first-order valence-corrected chi connectivity index (χ1v) is 8.26. The van der Waals surface area contributed by atoms with Gasteiger partial charge in [-0.1, -0.05) is 29.5 Å². The first-order valence-electron chi connectivity index (χ1n) is 7.44. The summed E-state index contributed by atoms with van der Waals surface area (Å²) in [4.78, 5) is 10.7.